The molecule has 0 N–H and O–H groups in total. The standard InChI is InChI=1S/C12H24/c1-7-12(10(4)5)11(6)8-9(2)3/h7,9-12H,1,8H2,2-6H3. The summed E-state index contributed by atoms with van der Waals surface area (Å²) in [6.45, 7) is 15.4. The van der Waals surface area contributed by atoms with Gasteiger partial charge in [0.05, 0.1) is 0 Å². The smallest absolute Gasteiger partial charge is 0.0187 e. The highest BCUT2D eigenvalue weighted by atomic mass is 14.2. The van der Waals surface area contributed by atoms with Gasteiger partial charge in [0.1, 0.15) is 0 Å². The molecule has 0 saturated carbocycles. The third-order valence-electron chi connectivity index (χ3n) is 2.54. The van der Waals surface area contributed by atoms with Crippen LogP contribution in [0.4, 0.5) is 0 Å². The molecule has 0 heteroatoms. The van der Waals surface area contributed by atoms with Crippen LogP contribution in [0.15, 0.2) is 12.7 Å². The predicted octanol–water partition coefficient (Wildman–Crippen LogP) is 4.13. The largest absolute Gasteiger partial charge is 0.103 e. The van der Waals surface area contributed by atoms with E-state index in [4.69, 9.17) is 0 Å². The summed E-state index contributed by atoms with van der Waals surface area (Å²) in [7, 11) is 0. The Hall–Kier alpha value is -0.260. The quantitative estimate of drug-likeness (QED) is 0.541. The first-order valence-electron chi connectivity index (χ1n) is 5.11. The summed E-state index contributed by atoms with van der Waals surface area (Å²) in [5, 5.41) is 0. The minimum atomic E-state index is 0.687. The first-order valence-corrected chi connectivity index (χ1v) is 5.11. The molecule has 0 rings (SSSR count). The molecule has 0 nitrogen and oxygen atoms in total. The summed E-state index contributed by atoms with van der Waals surface area (Å²) >= 11 is 0. The lowest BCUT2D eigenvalue weighted by Crippen LogP contribution is -2.16. The van der Waals surface area contributed by atoms with Crippen molar-refractivity contribution in [3.05, 3.63) is 12.7 Å². The Morgan fingerprint density at radius 3 is 1.83 bits per heavy atom. The van der Waals surface area contributed by atoms with Crippen molar-refractivity contribution in [1.82, 2.24) is 0 Å². The average Bonchev–Trinajstić information content (AvgIpc) is 1.85. The number of allylic oxidation sites excluding steroid dienone is 1. The van der Waals surface area contributed by atoms with Gasteiger partial charge in [-0.2, -0.15) is 0 Å². The molecule has 0 spiro atoms. The van der Waals surface area contributed by atoms with Crippen LogP contribution >= 0.6 is 0 Å². The minimum absolute atomic E-state index is 0.687. The summed E-state index contributed by atoms with van der Waals surface area (Å²) in [6.07, 6.45) is 3.44. The van der Waals surface area contributed by atoms with E-state index in [0.29, 0.717) is 5.92 Å². The lowest BCUT2D eigenvalue weighted by Gasteiger charge is -2.25. The fourth-order valence-corrected chi connectivity index (χ4v) is 2.06. The van der Waals surface area contributed by atoms with Crippen molar-refractivity contribution in [2.75, 3.05) is 0 Å². The zero-order valence-electron chi connectivity index (χ0n) is 9.30. The highest BCUT2D eigenvalue weighted by molar-refractivity contribution is 4.85. The van der Waals surface area contributed by atoms with Crippen molar-refractivity contribution in [3.8, 4) is 0 Å². The molecule has 0 aromatic carbocycles. The van der Waals surface area contributed by atoms with Gasteiger partial charge < -0.3 is 0 Å². The molecule has 0 aliphatic heterocycles. The van der Waals surface area contributed by atoms with Crippen LogP contribution in [0.5, 0.6) is 0 Å². The second kappa shape index (κ2) is 5.40. The average molecular weight is 168 g/mol. The molecular weight excluding hydrogens is 144 g/mol. The Bertz CT molecular complexity index is 122. The molecule has 2 unspecified atom stereocenters. The van der Waals surface area contributed by atoms with Crippen LogP contribution in [-0.4, -0.2) is 0 Å². The molecule has 0 saturated heterocycles. The zero-order chi connectivity index (χ0) is 9.72. The summed E-state index contributed by atoms with van der Waals surface area (Å²) < 4.78 is 0. The van der Waals surface area contributed by atoms with Crippen LogP contribution < -0.4 is 0 Å². The van der Waals surface area contributed by atoms with Crippen LogP contribution in [0.3, 0.4) is 0 Å². The van der Waals surface area contributed by atoms with Crippen molar-refractivity contribution in [1.29, 1.82) is 0 Å². The molecule has 0 aliphatic carbocycles. The molecule has 0 radical (unpaired) electrons. The normalized spacial score (nSPS) is 16.6. The maximum Gasteiger partial charge on any atom is -0.0187 e. The van der Waals surface area contributed by atoms with Gasteiger partial charge in [0, 0.05) is 0 Å². The van der Waals surface area contributed by atoms with Gasteiger partial charge in [-0.15, -0.1) is 6.58 Å². The van der Waals surface area contributed by atoms with E-state index < -0.39 is 0 Å². The Labute approximate surface area is 78.1 Å². The fraction of sp³-hybridized carbons (Fsp3) is 0.833. The van der Waals surface area contributed by atoms with Gasteiger partial charge in [-0.3, -0.25) is 0 Å². The summed E-state index contributed by atoms with van der Waals surface area (Å²) in [5.74, 6) is 3.01. The van der Waals surface area contributed by atoms with Crippen molar-refractivity contribution in [2.45, 2.75) is 41.0 Å². The molecule has 0 amide bonds. The Balaban J connectivity index is 4.02. The van der Waals surface area contributed by atoms with Crippen LogP contribution in [0.25, 0.3) is 0 Å². The lowest BCUT2D eigenvalue weighted by atomic mass is 9.80. The van der Waals surface area contributed by atoms with Gasteiger partial charge >= 0.3 is 0 Å². The predicted molar refractivity (Wildman–Crippen MR) is 57.1 cm³/mol. The molecule has 0 aromatic rings. The second-order valence-electron chi connectivity index (χ2n) is 4.66. The van der Waals surface area contributed by atoms with E-state index in [-0.39, 0.29) is 0 Å². The van der Waals surface area contributed by atoms with Crippen molar-refractivity contribution < 1.29 is 0 Å². The maximum absolute atomic E-state index is 3.91. The van der Waals surface area contributed by atoms with Crippen LogP contribution in [0.2, 0.25) is 0 Å². The summed E-state index contributed by atoms with van der Waals surface area (Å²) in [5.41, 5.74) is 0. The third-order valence-corrected chi connectivity index (χ3v) is 2.54. The van der Waals surface area contributed by atoms with Crippen molar-refractivity contribution in [3.63, 3.8) is 0 Å². The van der Waals surface area contributed by atoms with E-state index in [0.717, 1.165) is 17.8 Å². The second-order valence-corrected chi connectivity index (χ2v) is 4.66. The van der Waals surface area contributed by atoms with Gasteiger partial charge in [0.2, 0.25) is 0 Å². The van der Waals surface area contributed by atoms with Gasteiger partial charge in [-0.05, 0) is 30.1 Å². The lowest BCUT2D eigenvalue weighted by molar-refractivity contribution is 0.289. The third kappa shape index (κ3) is 3.94. The minimum Gasteiger partial charge on any atom is -0.103 e. The van der Waals surface area contributed by atoms with E-state index in [2.05, 4.69) is 47.3 Å². The van der Waals surface area contributed by atoms with Gasteiger partial charge in [0.15, 0.2) is 0 Å². The molecule has 12 heavy (non-hydrogen) atoms. The summed E-state index contributed by atoms with van der Waals surface area (Å²) in [4.78, 5) is 0. The fourth-order valence-electron chi connectivity index (χ4n) is 2.06. The zero-order valence-corrected chi connectivity index (χ0v) is 9.30. The molecule has 0 heterocycles. The first-order chi connectivity index (χ1) is 5.49. The molecular formula is C12H24. The molecule has 0 bridgehead atoms. The Kier molecular flexibility index (Phi) is 5.28. The number of hydrogen-bond acceptors (Lipinski definition) is 0. The highest BCUT2D eigenvalue weighted by Gasteiger charge is 2.17. The van der Waals surface area contributed by atoms with Crippen molar-refractivity contribution >= 4 is 0 Å². The molecule has 0 aromatic heterocycles. The van der Waals surface area contributed by atoms with E-state index in [1.54, 1.807) is 0 Å². The van der Waals surface area contributed by atoms with Gasteiger partial charge in [0.25, 0.3) is 0 Å². The molecule has 72 valence electrons. The Morgan fingerprint density at radius 1 is 1.08 bits per heavy atom. The number of rotatable bonds is 5. The van der Waals surface area contributed by atoms with Crippen LogP contribution in [0, 0.1) is 23.7 Å². The monoisotopic (exact) mass is 168 g/mol. The highest BCUT2D eigenvalue weighted by Crippen LogP contribution is 2.26. The SMILES string of the molecule is C=CC(C(C)C)C(C)CC(C)C. The molecule has 0 fully saturated rings. The van der Waals surface area contributed by atoms with E-state index >= 15 is 0 Å². The van der Waals surface area contributed by atoms with Gasteiger partial charge in [-0.25, -0.2) is 0 Å². The van der Waals surface area contributed by atoms with Crippen LogP contribution in [0.1, 0.15) is 41.0 Å². The molecule has 0 aliphatic rings. The molecule has 2 atom stereocenters. The Morgan fingerprint density at radius 2 is 1.58 bits per heavy atom. The van der Waals surface area contributed by atoms with E-state index in [9.17, 15) is 0 Å². The topological polar surface area (TPSA) is 0 Å². The first kappa shape index (κ1) is 11.7. The van der Waals surface area contributed by atoms with E-state index in [1.165, 1.54) is 6.42 Å². The van der Waals surface area contributed by atoms with Crippen molar-refractivity contribution in [2.24, 2.45) is 23.7 Å². The van der Waals surface area contributed by atoms with Crippen LogP contribution in [-0.2, 0) is 0 Å². The summed E-state index contributed by atoms with van der Waals surface area (Å²) in [6, 6.07) is 0. The van der Waals surface area contributed by atoms with Gasteiger partial charge in [-0.1, -0.05) is 40.7 Å². The van der Waals surface area contributed by atoms with E-state index in [1.807, 2.05) is 0 Å². The number of hydrogen-bond donors (Lipinski definition) is 0. The maximum atomic E-state index is 3.91.